The van der Waals surface area contributed by atoms with Crippen LogP contribution in [0.3, 0.4) is 0 Å². The van der Waals surface area contributed by atoms with Crippen LogP contribution in [0.1, 0.15) is 239 Å². The lowest BCUT2D eigenvalue weighted by atomic mass is 9.97. The van der Waals surface area contributed by atoms with Gasteiger partial charge in [0.25, 0.3) is 0 Å². The van der Waals surface area contributed by atoms with Crippen LogP contribution in [0.25, 0.3) is 0 Å². The highest BCUT2D eigenvalue weighted by molar-refractivity contribution is 5.76. The van der Waals surface area contributed by atoms with Crippen LogP contribution >= 0.6 is 0 Å². The normalized spacial score (nSPS) is 24.7. The Kier molecular flexibility index (Phi) is 47.3. The summed E-state index contributed by atoms with van der Waals surface area (Å²) in [6, 6.07) is -0.913. The number of amides is 1. The van der Waals surface area contributed by atoms with Gasteiger partial charge in [-0.05, 0) is 70.6 Å². The number of carbonyl (C=O) groups excluding carboxylic acids is 1. The molecule has 0 radical (unpaired) electrons. The molecule has 81 heavy (non-hydrogen) atoms. The molecule has 2 aliphatic heterocycles. The van der Waals surface area contributed by atoms with Gasteiger partial charge in [0.15, 0.2) is 12.6 Å². The van der Waals surface area contributed by atoms with Gasteiger partial charge in [-0.2, -0.15) is 0 Å². The minimum Gasteiger partial charge on any atom is -0.394 e. The van der Waals surface area contributed by atoms with Crippen LogP contribution < -0.4 is 5.32 Å². The highest BCUT2D eigenvalue weighted by Gasteiger charge is 2.51. The number of aliphatic hydroxyl groups is 8. The van der Waals surface area contributed by atoms with E-state index in [9.17, 15) is 45.6 Å². The Morgan fingerprint density at radius 1 is 0.457 bits per heavy atom. The van der Waals surface area contributed by atoms with Crippen LogP contribution in [-0.2, 0) is 23.7 Å². The van der Waals surface area contributed by atoms with E-state index in [1.165, 1.54) is 128 Å². The third-order valence-corrected chi connectivity index (χ3v) is 15.3. The summed E-state index contributed by atoms with van der Waals surface area (Å²) in [4.78, 5) is 13.2. The van der Waals surface area contributed by atoms with Gasteiger partial charge in [-0.15, -0.1) is 0 Å². The van der Waals surface area contributed by atoms with Crippen molar-refractivity contribution in [3.05, 3.63) is 85.1 Å². The molecule has 12 atom stereocenters. The fraction of sp³-hybridized carbons (Fsp3) is 0.776. The van der Waals surface area contributed by atoms with Crippen molar-refractivity contribution >= 4 is 5.91 Å². The van der Waals surface area contributed by atoms with Gasteiger partial charge < -0.3 is 65.1 Å². The highest BCUT2D eigenvalue weighted by atomic mass is 16.7. The van der Waals surface area contributed by atoms with Crippen molar-refractivity contribution in [2.75, 3.05) is 19.8 Å². The standard InChI is InChI=1S/C67H117NO13/c1-3-5-7-9-11-13-14-15-16-17-18-19-20-21-22-23-24-25-26-27-28-29-30-31-32-33-34-35-36-37-38-39-40-41-42-43-45-47-49-51-59(72)68-55(56(71)50-48-46-44-12-10-8-6-4-2)54-78-66-64(77)62(75)65(58(53-70)80-66)81-67-63(76)61(74)60(73)57(52-69)79-67/h5,7,11,13,15-16,18-19,21-22,24-25,48,50,55-58,60-67,69-71,73-77H,3-4,6,8-10,12,14,17,20,23,26-47,49,51-54H2,1-2H3,(H,68,72)/b7-5-,13-11-,16-15-,19-18-,22-21-,25-24-,50-48+. The van der Waals surface area contributed by atoms with E-state index in [1.807, 2.05) is 6.08 Å². The van der Waals surface area contributed by atoms with Gasteiger partial charge in [-0.25, -0.2) is 0 Å². The lowest BCUT2D eigenvalue weighted by molar-refractivity contribution is -0.359. The van der Waals surface area contributed by atoms with Gasteiger partial charge in [0, 0.05) is 6.42 Å². The summed E-state index contributed by atoms with van der Waals surface area (Å²) in [5.41, 5.74) is 0. The SMILES string of the molecule is CC/C=C\C/C=C\C/C=C\C/C=C\C/C=C\C/C=C\CCCCCCCCCCCCCCCCCCCCCCC(=O)NC(COC1OC(CO)C(OC2OC(CO)C(O)C(O)C2O)C(O)C1O)C(O)/C=C/CCCCCCCC. The number of hydrogen-bond acceptors (Lipinski definition) is 13. The van der Waals surface area contributed by atoms with E-state index in [4.69, 9.17) is 18.9 Å². The smallest absolute Gasteiger partial charge is 0.220 e. The van der Waals surface area contributed by atoms with Crippen molar-refractivity contribution in [3.63, 3.8) is 0 Å². The predicted molar refractivity (Wildman–Crippen MR) is 327 cm³/mol. The summed E-state index contributed by atoms with van der Waals surface area (Å²) in [6.07, 6.45) is 54.0. The van der Waals surface area contributed by atoms with Crippen molar-refractivity contribution in [3.8, 4) is 0 Å². The molecule has 2 fully saturated rings. The number of rotatable bonds is 51. The first kappa shape index (κ1) is 74.3. The first-order chi connectivity index (χ1) is 39.6. The van der Waals surface area contributed by atoms with Gasteiger partial charge in [-0.3, -0.25) is 4.79 Å². The zero-order valence-electron chi connectivity index (χ0n) is 50.5. The summed E-state index contributed by atoms with van der Waals surface area (Å²) in [6.45, 7) is 2.63. The van der Waals surface area contributed by atoms with Gasteiger partial charge in [0.2, 0.25) is 5.91 Å². The van der Waals surface area contributed by atoms with Gasteiger partial charge >= 0.3 is 0 Å². The maximum Gasteiger partial charge on any atom is 0.220 e. The third kappa shape index (κ3) is 36.6. The quantitative estimate of drug-likeness (QED) is 0.0204. The fourth-order valence-electron chi connectivity index (χ4n) is 10.2. The molecule has 14 nitrogen and oxygen atoms in total. The molecule has 9 N–H and O–H groups in total. The largest absolute Gasteiger partial charge is 0.394 e. The molecule has 2 saturated heterocycles. The minimum atomic E-state index is -1.79. The molecule has 0 aromatic carbocycles. The fourth-order valence-corrected chi connectivity index (χ4v) is 10.2. The van der Waals surface area contributed by atoms with Crippen LogP contribution in [0.4, 0.5) is 0 Å². The second-order valence-electron chi connectivity index (χ2n) is 22.5. The number of nitrogens with one attached hydrogen (secondary N) is 1. The Morgan fingerprint density at radius 3 is 1.31 bits per heavy atom. The van der Waals surface area contributed by atoms with Gasteiger partial charge in [0.05, 0.1) is 32.0 Å². The summed E-state index contributed by atoms with van der Waals surface area (Å²) >= 11 is 0. The highest BCUT2D eigenvalue weighted by Crippen LogP contribution is 2.30. The van der Waals surface area contributed by atoms with Crippen LogP contribution in [0.2, 0.25) is 0 Å². The van der Waals surface area contributed by atoms with Crippen LogP contribution in [0.15, 0.2) is 85.1 Å². The molecular formula is C67H117NO13. The van der Waals surface area contributed by atoms with E-state index in [-0.39, 0.29) is 18.9 Å². The predicted octanol–water partition coefficient (Wildman–Crippen LogP) is 12.1. The zero-order chi connectivity index (χ0) is 58.8. The monoisotopic (exact) mass is 1140 g/mol. The van der Waals surface area contributed by atoms with Crippen molar-refractivity contribution in [1.82, 2.24) is 5.32 Å². The van der Waals surface area contributed by atoms with Crippen molar-refractivity contribution in [2.24, 2.45) is 0 Å². The lowest BCUT2D eigenvalue weighted by Crippen LogP contribution is -2.65. The second kappa shape index (κ2) is 51.6. The number of ether oxygens (including phenoxy) is 4. The molecule has 2 rings (SSSR count). The van der Waals surface area contributed by atoms with Crippen molar-refractivity contribution in [1.29, 1.82) is 0 Å². The molecule has 0 spiro atoms. The Hall–Kier alpha value is -2.83. The molecule has 2 heterocycles. The van der Waals surface area contributed by atoms with Crippen LogP contribution in [0.5, 0.6) is 0 Å². The summed E-state index contributed by atoms with van der Waals surface area (Å²) < 4.78 is 22.7. The van der Waals surface area contributed by atoms with Gasteiger partial charge in [0.1, 0.15) is 48.8 Å². The number of unbranched alkanes of at least 4 members (excludes halogenated alkanes) is 26. The second-order valence-corrected chi connectivity index (χ2v) is 22.5. The summed E-state index contributed by atoms with van der Waals surface area (Å²) in [7, 11) is 0. The molecule has 0 saturated carbocycles. The number of carbonyl (C=O) groups is 1. The van der Waals surface area contributed by atoms with E-state index in [2.05, 4.69) is 92.1 Å². The van der Waals surface area contributed by atoms with E-state index in [1.54, 1.807) is 6.08 Å². The van der Waals surface area contributed by atoms with Crippen molar-refractivity contribution < 1.29 is 64.6 Å². The van der Waals surface area contributed by atoms with E-state index < -0.39 is 86.8 Å². The van der Waals surface area contributed by atoms with E-state index >= 15 is 0 Å². The summed E-state index contributed by atoms with van der Waals surface area (Å²) in [5, 5.41) is 86.8. The zero-order valence-corrected chi connectivity index (χ0v) is 50.5. The number of hydrogen-bond donors (Lipinski definition) is 9. The molecule has 0 aliphatic carbocycles. The molecule has 0 aromatic rings. The molecule has 0 bridgehead atoms. The molecule has 12 unspecified atom stereocenters. The minimum absolute atomic E-state index is 0.243. The van der Waals surface area contributed by atoms with E-state index in [0.717, 1.165) is 83.5 Å². The average Bonchev–Trinajstić information content (AvgIpc) is 3.51. The molecule has 1 amide bonds. The first-order valence-electron chi connectivity index (χ1n) is 32.3. The van der Waals surface area contributed by atoms with E-state index in [0.29, 0.717) is 6.42 Å². The average molecular weight is 1140 g/mol. The van der Waals surface area contributed by atoms with Crippen LogP contribution in [0, 0.1) is 0 Å². The number of allylic oxidation sites excluding steroid dienone is 13. The molecular weight excluding hydrogens is 1030 g/mol. The number of aliphatic hydroxyl groups excluding tert-OH is 8. The maximum atomic E-state index is 13.2. The molecule has 14 heteroatoms. The van der Waals surface area contributed by atoms with Crippen LogP contribution in [-0.4, -0.2) is 140 Å². The Morgan fingerprint density at radius 2 is 0.852 bits per heavy atom. The Labute approximate surface area is 491 Å². The summed E-state index contributed by atoms with van der Waals surface area (Å²) in [5.74, 6) is -0.243. The maximum absolute atomic E-state index is 13.2. The molecule has 2 aliphatic rings. The lowest BCUT2D eigenvalue weighted by Gasteiger charge is -2.46. The third-order valence-electron chi connectivity index (χ3n) is 15.3. The topological polar surface area (TPSA) is 228 Å². The molecule has 0 aromatic heterocycles. The Balaban J connectivity index is 1.52. The first-order valence-corrected chi connectivity index (χ1v) is 32.3. The Bertz CT molecular complexity index is 1680. The molecule has 468 valence electrons. The van der Waals surface area contributed by atoms with Gasteiger partial charge in [-0.1, -0.05) is 247 Å². The van der Waals surface area contributed by atoms with Crippen molar-refractivity contribution in [2.45, 2.75) is 312 Å².